The average Bonchev–Trinajstić information content (AvgIpc) is 2.25. The van der Waals surface area contributed by atoms with Gasteiger partial charge in [0, 0.05) is 19.6 Å². The van der Waals surface area contributed by atoms with Gasteiger partial charge < -0.3 is 15.3 Å². The van der Waals surface area contributed by atoms with Gasteiger partial charge in [-0.05, 0) is 18.3 Å². The molecule has 0 spiro atoms. The number of carboxylic acids is 1. The molecule has 98 valence electrons. The van der Waals surface area contributed by atoms with Gasteiger partial charge in [0.25, 0.3) is 0 Å². The summed E-state index contributed by atoms with van der Waals surface area (Å²) in [6.45, 7) is 7.71. The van der Waals surface area contributed by atoms with Gasteiger partial charge in [-0.25, -0.2) is 4.79 Å². The summed E-state index contributed by atoms with van der Waals surface area (Å²) < 4.78 is 0. The highest BCUT2D eigenvalue weighted by Gasteiger charge is 2.28. The van der Waals surface area contributed by atoms with Crippen molar-refractivity contribution in [1.82, 2.24) is 10.2 Å². The van der Waals surface area contributed by atoms with E-state index >= 15 is 0 Å². The first-order chi connectivity index (χ1) is 7.79. The third kappa shape index (κ3) is 4.63. The molecule has 1 heterocycles. The number of urea groups is 1. The van der Waals surface area contributed by atoms with Gasteiger partial charge in [-0.15, -0.1) is 0 Å². The third-order valence-corrected chi connectivity index (χ3v) is 2.83. The zero-order chi connectivity index (χ0) is 13.1. The van der Waals surface area contributed by atoms with E-state index in [0.29, 0.717) is 26.1 Å². The summed E-state index contributed by atoms with van der Waals surface area (Å²) in [5, 5.41) is 11.8. The molecule has 0 saturated carbocycles. The zero-order valence-electron chi connectivity index (χ0n) is 10.8. The molecular formula is C12H22N2O3. The van der Waals surface area contributed by atoms with Crippen LogP contribution in [0.15, 0.2) is 0 Å². The predicted molar refractivity (Wildman–Crippen MR) is 64.8 cm³/mol. The zero-order valence-corrected chi connectivity index (χ0v) is 10.8. The Morgan fingerprint density at radius 3 is 2.59 bits per heavy atom. The van der Waals surface area contributed by atoms with Gasteiger partial charge in [-0.3, -0.25) is 4.79 Å². The summed E-state index contributed by atoms with van der Waals surface area (Å²) in [7, 11) is 0. The van der Waals surface area contributed by atoms with Crippen LogP contribution in [0.4, 0.5) is 4.79 Å². The Bertz CT molecular complexity index is 297. The minimum Gasteiger partial charge on any atom is -0.481 e. The summed E-state index contributed by atoms with van der Waals surface area (Å²) in [5.41, 5.74) is 0.0393. The maximum Gasteiger partial charge on any atom is 0.317 e. The lowest BCUT2D eigenvalue weighted by Crippen LogP contribution is -2.48. The second-order valence-corrected chi connectivity index (χ2v) is 5.84. The number of nitrogens with zero attached hydrogens (tertiary/aromatic N) is 1. The van der Waals surface area contributed by atoms with Crippen molar-refractivity contribution < 1.29 is 14.7 Å². The summed E-state index contributed by atoms with van der Waals surface area (Å²) in [4.78, 5) is 24.3. The van der Waals surface area contributed by atoms with Crippen molar-refractivity contribution in [2.45, 2.75) is 33.6 Å². The van der Waals surface area contributed by atoms with Crippen LogP contribution in [0, 0.1) is 11.3 Å². The van der Waals surface area contributed by atoms with Gasteiger partial charge >= 0.3 is 12.0 Å². The molecule has 1 aliphatic heterocycles. The van der Waals surface area contributed by atoms with E-state index in [1.165, 1.54) is 0 Å². The van der Waals surface area contributed by atoms with Gasteiger partial charge in [-0.1, -0.05) is 20.8 Å². The number of hydrogen-bond acceptors (Lipinski definition) is 2. The predicted octanol–water partition coefficient (Wildman–Crippen LogP) is 1.54. The molecule has 0 bridgehead atoms. The van der Waals surface area contributed by atoms with Crippen molar-refractivity contribution in [2.75, 3.05) is 19.6 Å². The van der Waals surface area contributed by atoms with Crippen LogP contribution in [0.2, 0.25) is 0 Å². The van der Waals surface area contributed by atoms with Crippen LogP contribution in [0.25, 0.3) is 0 Å². The number of piperidine rings is 1. The topological polar surface area (TPSA) is 69.6 Å². The van der Waals surface area contributed by atoms with E-state index in [1.807, 2.05) is 20.8 Å². The smallest absolute Gasteiger partial charge is 0.317 e. The highest BCUT2D eigenvalue weighted by atomic mass is 16.4. The van der Waals surface area contributed by atoms with Crippen molar-refractivity contribution in [3.63, 3.8) is 0 Å². The maximum atomic E-state index is 11.8. The molecule has 1 atom stereocenters. The fourth-order valence-corrected chi connectivity index (χ4v) is 1.82. The number of likely N-dealkylation sites (tertiary alicyclic amines) is 1. The average molecular weight is 242 g/mol. The van der Waals surface area contributed by atoms with Crippen molar-refractivity contribution in [3.05, 3.63) is 0 Å². The molecule has 0 radical (unpaired) electrons. The van der Waals surface area contributed by atoms with Gasteiger partial charge in [0.2, 0.25) is 0 Å². The van der Waals surface area contributed by atoms with Crippen LogP contribution in [0.3, 0.4) is 0 Å². The second kappa shape index (κ2) is 5.38. The highest BCUT2D eigenvalue weighted by molar-refractivity contribution is 5.76. The van der Waals surface area contributed by atoms with Crippen molar-refractivity contribution >= 4 is 12.0 Å². The standard InChI is InChI=1S/C12H22N2O3/c1-12(2,3)8-13-11(17)14-6-4-5-9(7-14)10(15)16/h9H,4-8H2,1-3H3,(H,13,17)(H,15,16). The molecule has 0 aromatic heterocycles. The Morgan fingerprint density at radius 2 is 2.06 bits per heavy atom. The minimum absolute atomic E-state index is 0.0393. The monoisotopic (exact) mass is 242 g/mol. The molecule has 1 aliphatic rings. The number of rotatable bonds is 2. The number of amides is 2. The van der Waals surface area contributed by atoms with Crippen LogP contribution >= 0.6 is 0 Å². The van der Waals surface area contributed by atoms with E-state index in [1.54, 1.807) is 4.90 Å². The molecule has 0 aromatic carbocycles. The quantitative estimate of drug-likeness (QED) is 0.771. The Labute approximate surface area is 102 Å². The SMILES string of the molecule is CC(C)(C)CNC(=O)N1CCCC(C(=O)O)C1. The first-order valence-corrected chi connectivity index (χ1v) is 6.05. The fourth-order valence-electron chi connectivity index (χ4n) is 1.82. The van der Waals surface area contributed by atoms with Crippen LogP contribution in [0.1, 0.15) is 33.6 Å². The van der Waals surface area contributed by atoms with Gasteiger partial charge in [-0.2, -0.15) is 0 Å². The first-order valence-electron chi connectivity index (χ1n) is 6.05. The molecule has 2 N–H and O–H groups in total. The van der Waals surface area contributed by atoms with Gasteiger partial charge in [0.15, 0.2) is 0 Å². The first kappa shape index (κ1) is 13.8. The largest absolute Gasteiger partial charge is 0.481 e. The van der Waals surface area contributed by atoms with Gasteiger partial charge in [0.1, 0.15) is 0 Å². The van der Waals surface area contributed by atoms with E-state index in [0.717, 1.165) is 6.42 Å². The van der Waals surface area contributed by atoms with Crippen molar-refractivity contribution in [1.29, 1.82) is 0 Å². The summed E-state index contributed by atoms with van der Waals surface area (Å²) >= 11 is 0. The van der Waals surface area contributed by atoms with Gasteiger partial charge in [0.05, 0.1) is 5.92 Å². The molecule has 17 heavy (non-hydrogen) atoms. The number of carbonyl (C=O) groups is 2. The van der Waals surface area contributed by atoms with Crippen LogP contribution in [-0.2, 0) is 4.79 Å². The van der Waals surface area contributed by atoms with Crippen molar-refractivity contribution in [2.24, 2.45) is 11.3 Å². The third-order valence-electron chi connectivity index (χ3n) is 2.83. The lowest BCUT2D eigenvalue weighted by atomic mass is 9.97. The normalized spacial score (nSPS) is 21.1. The number of carbonyl (C=O) groups excluding carboxylic acids is 1. The van der Waals surface area contributed by atoms with Crippen molar-refractivity contribution in [3.8, 4) is 0 Å². The molecule has 0 aromatic rings. The summed E-state index contributed by atoms with van der Waals surface area (Å²) in [6.07, 6.45) is 1.43. The number of carboxylic acid groups (broad SMARTS) is 1. The molecule has 1 rings (SSSR count). The molecule has 1 fully saturated rings. The Morgan fingerprint density at radius 1 is 1.41 bits per heavy atom. The van der Waals surface area contributed by atoms with E-state index in [-0.39, 0.29) is 11.4 Å². The summed E-state index contributed by atoms with van der Waals surface area (Å²) in [6, 6.07) is -0.147. The molecule has 5 nitrogen and oxygen atoms in total. The molecule has 5 heteroatoms. The van der Waals surface area contributed by atoms with Crippen LogP contribution in [-0.4, -0.2) is 41.6 Å². The highest BCUT2D eigenvalue weighted by Crippen LogP contribution is 2.17. The molecule has 2 amide bonds. The molecule has 1 saturated heterocycles. The number of hydrogen-bond donors (Lipinski definition) is 2. The Balaban J connectivity index is 2.44. The molecular weight excluding hydrogens is 220 g/mol. The second-order valence-electron chi connectivity index (χ2n) is 5.84. The fraction of sp³-hybridized carbons (Fsp3) is 0.833. The van der Waals surface area contributed by atoms with Crippen LogP contribution < -0.4 is 5.32 Å². The van der Waals surface area contributed by atoms with E-state index in [2.05, 4.69) is 5.32 Å². The van der Waals surface area contributed by atoms with E-state index < -0.39 is 11.9 Å². The molecule has 1 unspecified atom stereocenters. The lowest BCUT2D eigenvalue weighted by molar-refractivity contribution is -0.143. The number of aliphatic carboxylic acids is 1. The van der Waals surface area contributed by atoms with E-state index in [9.17, 15) is 9.59 Å². The Kier molecular flexibility index (Phi) is 4.37. The summed E-state index contributed by atoms with van der Waals surface area (Å²) in [5.74, 6) is -1.22. The lowest BCUT2D eigenvalue weighted by Gasteiger charge is -2.31. The molecule has 0 aliphatic carbocycles. The Hall–Kier alpha value is -1.26. The number of nitrogens with one attached hydrogen (secondary N) is 1. The van der Waals surface area contributed by atoms with E-state index in [4.69, 9.17) is 5.11 Å². The minimum atomic E-state index is -0.807. The van der Waals surface area contributed by atoms with Crippen LogP contribution in [0.5, 0.6) is 0 Å². The maximum absolute atomic E-state index is 11.8.